The van der Waals surface area contributed by atoms with Crippen molar-refractivity contribution in [3.63, 3.8) is 0 Å². The Hall–Kier alpha value is -2.85. The van der Waals surface area contributed by atoms with Gasteiger partial charge in [0.05, 0.1) is 23.5 Å². The van der Waals surface area contributed by atoms with Crippen LogP contribution in [0.3, 0.4) is 0 Å². The van der Waals surface area contributed by atoms with Crippen LogP contribution in [-0.4, -0.2) is 18.7 Å². The molecular formula is C19H16ClN3O. The molecule has 0 heterocycles. The van der Waals surface area contributed by atoms with Crippen LogP contribution in [0, 0.1) is 0 Å². The molecule has 0 bridgehead atoms. The number of hydrogen-bond donors (Lipinski definition) is 2. The normalized spacial score (nSPS) is 10.9. The molecule has 0 aliphatic heterocycles. The third-order valence-electron chi connectivity index (χ3n) is 3.53. The molecule has 3 aromatic carbocycles. The summed E-state index contributed by atoms with van der Waals surface area (Å²) in [5.41, 5.74) is 4.18. The molecule has 4 nitrogen and oxygen atoms in total. The fourth-order valence-corrected chi connectivity index (χ4v) is 2.56. The maximum atomic E-state index is 11.9. The van der Waals surface area contributed by atoms with Gasteiger partial charge in [-0.25, -0.2) is 5.43 Å². The first-order valence-electron chi connectivity index (χ1n) is 7.52. The van der Waals surface area contributed by atoms with Crippen LogP contribution in [0.2, 0.25) is 5.02 Å². The van der Waals surface area contributed by atoms with Gasteiger partial charge in [0.25, 0.3) is 5.91 Å². The van der Waals surface area contributed by atoms with Crippen LogP contribution in [0.4, 0.5) is 5.69 Å². The van der Waals surface area contributed by atoms with Crippen molar-refractivity contribution < 1.29 is 4.79 Å². The van der Waals surface area contributed by atoms with E-state index in [0.29, 0.717) is 10.7 Å². The van der Waals surface area contributed by atoms with Gasteiger partial charge in [0.2, 0.25) is 0 Å². The highest BCUT2D eigenvalue weighted by Gasteiger charge is 2.02. The lowest BCUT2D eigenvalue weighted by Gasteiger charge is -2.06. The Bertz CT molecular complexity index is 887. The number of hydrogen-bond acceptors (Lipinski definition) is 3. The maximum Gasteiger partial charge on any atom is 0.259 e. The van der Waals surface area contributed by atoms with Gasteiger partial charge in [0.1, 0.15) is 0 Å². The van der Waals surface area contributed by atoms with E-state index in [1.165, 1.54) is 0 Å². The Morgan fingerprint density at radius 1 is 1.00 bits per heavy atom. The molecule has 0 unspecified atom stereocenters. The molecule has 0 fully saturated rings. The van der Waals surface area contributed by atoms with Crippen molar-refractivity contribution in [2.75, 3.05) is 11.9 Å². The lowest BCUT2D eigenvalue weighted by Crippen LogP contribution is -2.25. The molecule has 0 aliphatic rings. The first kappa shape index (κ1) is 16.0. The molecule has 2 N–H and O–H groups in total. The molecule has 0 aromatic heterocycles. The summed E-state index contributed by atoms with van der Waals surface area (Å²) >= 11 is 6.02. The van der Waals surface area contributed by atoms with Gasteiger partial charge < -0.3 is 5.32 Å². The number of carbonyl (C=O) groups excluding carboxylic acids is 1. The van der Waals surface area contributed by atoms with E-state index in [1.54, 1.807) is 12.3 Å². The van der Waals surface area contributed by atoms with Crippen LogP contribution in [0.5, 0.6) is 0 Å². The molecule has 24 heavy (non-hydrogen) atoms. The Kier molecular flexibility index (Phi) is 5.08. The van der Waals surface area contributed by atoms with Gasteiger partial charge in [0.15, 0.2) is 0 Å². The Labute approximate surface area is 145 Å². The summed E-state index contributed by atoms with van der Waals surface area (Å²) in [7, 11) is 0. The average Bonchev–Trinajstić information content (AvgIpc) is 2.61. The van der Waals surface area contributed by atoms with Crippen molar-refractivity contribution in [2.24, 2.45) is 5.10 Å². The number of para-hydroxylation sites is 1. The van der Waals surface area contributed by atoms with Crippen LogP contribution in [0.1, 0.15) is 5.56 Å². The Balaban J connectivity index is 1.59. The van der Waals surface area contributed by atoms with Gasteiger partial charge in [-0.2, -0.15) is 5.10 Å². The van der Waals surface area contributed by atoms with Crippen LogP contribution in [0.15, 0.2) is 71.8 Å². The summed E-state index contributed by atoms with van der Waals surface area (Å²) in [4.78, 5) is 11.9. The monoisotopic (exact) mass is 337 g/mol. The quantitative estimate of drug-likeness (QED) is 0.545. The molecule has 0 radical (unpaired) electrons. The minimum atomic E-state index is -0.244. The van der Waals surface area contributed by atoms with Crippen molar-refractivity contribution in [3.8, 4) is 0 Å². The predicted octanol–water partition coefficient (Wildman–Crippen LogP) is 4.06. The molecule has 0 spiro atoms. The van der Waals surface area contributed by atoms with E-state index in [4.69, 9.17) is 11.6 Å². The zero-order valence-corrected chi connectivity index (χ0v) is 13.6. The van der Waals surface area contributed by atoms with E-state index in [1.807, 2.05) is 60.7 Å². The van der Waals surface area contributed by atoms with Crippen molar-refractivity contribution in [1.82, 2.24) is 5.43 Å². The number of nitrogens with one attached hydrogen (secondary N) is 2. The zero-order chi connectivity index (χ0) is 16.8. The lowest BCUT2D eigenvalue weighted by molar-refractivity contribution is -0.119. The number of nitrogens with zero attached hydrogens (tertiary/aromatic N) is 1. The third-order valence-corrected chi connectivity index (χ3v) is 3.86. The van der Waals surface area contributed by atoms with E-state index in [-0.39, 0.29) is 12.5 Å². The number of amides is 1. The Morgan fingerprint density at radius 2 is 1.75 bits per heavy atom. The molecule has 0 saturated heterocycles. The molecule has 0 saturated carbocycles. The molecule has 3 rings (SSSR count). The molecule has 120 valence electrons. The zero-order valence-electron chi connectivity index (χ0n) is 12.9. The maximum absolute atomic E-state index is 11.9. The van der Waals surface area contributed by atoms with Gasteiger partial charge in [-0.15, -0.1) is 0 Å². The van der Waals surface area contributed by atoms with Crippen LogP contribution in [-0.2, 0) is 4.79 Å². The van der Waals surface area contributed by atoms with Crippen molar-refractivity contribution in [3.05, 3.63) is 77.3 Å². The van der Waals surface area contributed by atoms with E-state index >= 15 is 0 Å². The average molecular weight is 338 g/mol. The van der Waals surface area contributed by atoms with E-state index in [9.17, 15) is 4.79 Å². The molecule has 0 aliphatic carbocycles. The summed E-state index contributed by atoms with van der Waals surface area (Å²) in [5, 5.41) is 9.80. The third kappa shape index (κ3) is 3.91. The second kappa shape index (κ2) is 7.62. The first-order valence-corrected chi connectivity index (χ1v) is 7.90. The second-order valence-corrected chi connectivity index (χ2v) is 5.60. The Morgan fingerprint density at radius 3 is 2.62 bits per heavy atom. The fourth-order valence-electron chi connectivity index (χ4n) is 2.36. The summed E-state index contributed by atoms with van der Waals surface area (Å²) in [5.74, 6) is -0.244. The predicted molar refractivity (Wildman–Crippen MR) is 99.6 cm³/mol. The summed E-state index contributed by atoms with van der Waals surface area (Å²) in [6.07, 6.45) is 1.65. The lowest BCUT2D eigenvalue weighted by atomic mass is 10.1. The van der Waals surface area contributed by atoms with Gasteiger partial charge >= 0.3 is 0 Å². The minimum Gasteiger partial charge on any atom is -0.375 e. The van der Waals surface area contributed by atoms with Crippen molar-refractivity contribution >= 4 is 40.2 Å². The number of anilines is 1. The number of benzene rings is 3. The molecule has 3 aromatic rings. The second-order valence-electron chi connectivity index (χ2n) is 5.19. The summed E-state index contributed by atoms with van der Waals surface area (Å²) < 4.78 is 0. The smallest absolute Gasteiger partial charge is 0.259 e. The van der Waals surface area contributed by atoms with E-state index in [2.05, 4.69) is 15.8 Å². The number of halogens is 1. The SMILES string of the molecule is O=C(CNc1ccccc1Cl)N/N=C/c1cccc2ccccc12. The number of carbonyl (C=O) groups is 1. The molecule has 0 atom stereocenters. The fraction of sp³-hybridized carbons (Fsp3) is 0.0526. The van der Waals surface area contributed by atoms with Crippen LogP contribution >= 0.6 is 11.6 Å². The van der Waals surface area contributed by atoms with Crippen LogP contribution in [0.25, 0.3) is 10.8 Å². The number of rotatable bonds is 5. The highest BCUT2D eigenvalue weighted by Crippen LogP contribution is 2.20. The van der Waals surface area contributed by atoms with Crippen LogP contribution < -0.4 is 10.7 Å². The van der Waals surface area contributed by atoms with E-state index in [0.717, 1.165) is 16.3 Å². The topological polar surface area (TPSA) is 53.5 Å². The molecule has 1 amide bonds. The van der Waals surface area contributed by atoms with Gasteiger partial charge in [-0.1, -0.05) is 66.2 Å². The first-order chi connectivity index (χ1) is 11.7. The summed E-state index contributed by atoms with van der Waals surface area (Å²) in [6, 6.07) is 21.3. The number of fused-ring (bicyclic) bond motifs is 1. The highest BCUT2D eigenvalue weighted by atomic mass is 35.5. The van der Waals surface area contributed by atoms with Crippen molar-refractivity contribution in [1.29, 1.82) is 0 Å². The number of hydrazone groups is 1. The van der Waals surface area contributed by atoms with Gasteiger partial charge in [-0.3, -0.25) is 4.79 Å². The molecule has 5 heteroatoms. The van der Waals surface area contributed by atoms with Gasteiger partial charge in [-0.05, 0) is 22.9 Å². The van der Waals surface area contributed by atoms with Gasteiger partial charge in [0, 0.05) is 5.56 Å². The van der Waals surface area contributed by atoms with Crippen molar-refractivity contribution in [2.45, 2.75) is 0 Å². The minimum absolute atomic E-state index is 0.0939. The highest BCUT2D eigenvalue weighted by molar-refractivity contribution is 6.33. The molecular weight excluding hydrogens is 322 g/mol. The summed E-state index contributed by atoms with van der Waals surface area (Å²) in [6.45, 7) is 0.0939. The largest absolute Gasteiger partial charge is 0.375 e. The van der Waals surface area contributed by atoms with E-state index < -0.39 is 0 Å². The standard InChI is InChI=1S/C19H16ClN3O/c20-17-10-3-4-11-18(17)21-13-19(24)23-22-12-15-8-5-7-14-6-1-2-9-16(14)15/h1-12,21H,13H2,(H,23,24)/b22-12+.